The monoisotopic (exact) mass is 421 g/mol. The van der Waals surface area contributed by atoms with E-state index in [1.165, 1.54) is 18.3 Å². The highest BCUT2D eigenvalue weighted by Gasteiger charge is 2.12. The maximum Gasteiger partial charge on any atom is 0.227 e. The zero-order valence-electron chi connectivity index (χ0n) is 16.4. The standard InChI is InChI=1S/C21H19N5O3S/c1-12-3-5-14(6-4-12)20-25-19(29-26-20)10-9-18(28)23-15-7-8-16-17(11-15)30-21(24-16)22-13(2)27/h3-8,11H,9-10H2,1-2H3,(H,23,28)(H,22,24,27). The van der Waals surface area contributed by atoms with Crippen LogP contribution < -0.4 is 10.6 Å². The first-order valence-electron chi connectivity index (χ1n) is 9.34. The molecule has 2 aromatic carbocycles. The van der Waals surface area contributed by atoms with Gasteiger partial charge in [0.15, 0.2) is 5.13 Å². The van der Waals surface area contributed by atoms with Crippen LogP contribution in [0.1, 0.15) is 24.8 Å². The van der Waals surface area contributed by atoms with Gasteiger partial charge in [0.25, 0.3) is 0 Å². The zero-order valence-corrected chi connectivity index (χ0v) is 17.2. The fraction of sp³-hybridized carbons (Fsp3) is 0.190. The third-order valence-corrected chi connectivity index (χ3v) is 5.23. The van der Waals surface area contributed by atoms with Crippen molar-refractivity contribution in [2.24, 2.45) is 0 Å². The van der Waals surface area contributed by atoms with E-state index in [-0.39, 0.29) is 18.2 Å². The molecule has 0 aliphatic carbocycles. The summed E-state index contributed by atoms with van der Waals surface area (Å²) in [6, 6.07) is 13.2. The summed E-state index contributed by atoms with van der Waals surface area (Å²) in [6.45, 7) is 3.45. The van der Waals surface area contributed by atoms with Crippen LogP contribution in [0.25, 0.3) is 21.6 Å². The SMILES string of the molecule is CC(=O)Nc1nc2ccc(NC(=O)CCc3nc(-c4ccc(C)cc4)no3)cc2s1. The van der Waals surface area contributed by atoms with Crippen LogP contribution >= 0.6 is 11.3 Å². The Bertz CT molecular complexity index is 1210. The number of aryl methyl sites for hydroxylation is 2. The molecule has 0 saturated heterocycles. The number of anilines is 2. The molecule has 0 fully saturated rings. The van der Waals surface area contributed by atoms with E-state index in [0.29, 0.717) is 29.0 Å². The summed E-state index contributed by atoms with van der Waals surface area (Å²) >= 11 is 1.35. The molecule has 8 nitrogen and oxygen atoms in total. The highest BCUT2D eigenvalue weighted by atomic mass is 32.1. The first-order chi connectivity index (χ1) is 14.5. The van der Waals surface area contributed by atoms with E-state index in [9.17, 15) is 9.59 Å². The molecule has 2 N–H and O–H groups in total. The van der Waals surface area contributed by atoms with Crippen molar-refractivity contribution in [3.8, 4) is 11.4 Å². The highest BCUT2D eigenvalue weighted by molar-refractivity contribution is 7.22. The number of nitrogens with zero attached hydrogens (tertiary/aromatic N) is 3. The average Bonchev–Trinajstić information content (AvgIpc) is 3.32. The maximum absolute atomic E-state index is 12.3. The number of carbonyl (C=O) groups excluding carboxylic acids is 2. The number of thiazole rings is 1. The molecule has 9 heteroatoms. The molecule has 4 aromatic rings. The van der Waals surface area contributed by atoms with Crippen molar-refractivity contribution in [1.82, 2.24) is 15.1 Å². The Morgan fingerprint density at radius 2 is 1.87 bits per heavy atom. The molecule has 30 heavy (non-hydrogen) atoms. The van der Waals surface area contributed by atoms with Crippen molar-refractivity contribution in [3.63, 3.8) is 0 Å². The third kappa shape index (κ3) is 4.69. The van der Waals surface area contributed by atoms with Crippen LogP contribution in [-0.2, 0) is 16.0 Å². The molecule has 4 rings (SSSR count). The summed E-state index contributed by atoms with van der Waals surface area (Å²) in [7, 11) is 0. The van der Waals surface area contributed by atoms with Gasteiger partial charge in [-0.15, -0.1) is 0 Å². The molecule has 0 unspecified atom stereocenters. The Kier molecular flexibility index (Phi) is 5.53. The van der Waals surface area contributed by atoms with Gasteiger partial charge in [0.05, 0.1) is 10.2 Å². The molecular weight excluding hydrogens is 402 g/mol. The number of hydrogen-bond donors (Lipinski definition) is 2. The van der Waals surface area contributed by atoms with E-state index >= 15 is 0 Å². The first-order valence-corrected chi connectivity index (χ1v) is 10.2. The predicted octanol–water partition coefficient (Wildman–Crippen LogP) is 4.18. The molecular formula is C21H19N5O3S. The second kappa shape index (κ2) is 8.42. The summed E-state index contributed by atoms with van der Waals surface area (Å²) in [5, 5.41) is 10.0. The third-order valence-electron chi connectivity index (χ3n) is 4.30. The Morgan fingerprint density at radius 1 is 1.07 bits per heavy atom. The molecule has 0 spiro atoms. The van der Waals surface area contributed by atoms with E-state index in [1.807, 2.05) is 37.3 Å². The molecule has 0 atom stereocenters. The molecule has 0 saturated carbocycles. The van der Waals surface area contributed by atoms with E-state index in [0.717, 1.165) is 21.3 Å². The smallest absolute Gasteiger partial charge is 0.227 e. The van der Waals surface area contributed by atoms with Crippen molar-refractivity contribution < 1.29 is 14.1 Å². The lowest BCUT2D eigenvalue weighted by Crippen LogP contribution is -2.12. The Hall–Kier alpha value is -3.59. The number of rotatable bonds is 6. The minimum absolute atomic E-state index is 0.156. The topological polar surface area (TPSA) is 110 Å². The minimum atomic E-state index is -0.172. The molecule has 152 valence electrons. The minimum Gasteiger partial charge on any atom is -0.339 e. The second-order valence-electron chi connectivity index (χ2n) is 6.81. The number of aromatic nitrogens is 3. The number of carbonyl (C=O) groups is 2. The van der Waals surface area contributed by atoms with Gasteiger partial charge in [0, 0.05) is 31.0 Å². The summed E-state index contributed by atoms with van der Waals surface area (Å²) in [4.78, 5) is 32.2. The summed E-state index contributed by atoms with van der Waals surface area (Å²) in [6.07, 6.45) is 0.563. The van der Waals surface area contributed by atoms with Gasteiger partial charge in [0.1, 0.15) is 0 Å². The number of fused-ring (bicyclic) bond motifs is 1. The van der Waals surface area contributed by atoms with Crippen LogP contribution in [0.15, 0.2) is 47.0 Å². The zero-order chi connectivity index (χ0) is 21.1. The van der Waals surface area contributed by atoms with Crippen LogP contribution in [0, 0.1) is 6.92 Å². The first kappa shape index (κ1) is 19.7. The summed E-state index contributed by atoms with van der Waals surface area (Å²) < 4.78 is 6.13. The average molecular weight is 421 g/mol. The van der Waals surface area contributed by atoms with Gasteiger partial charge in [0.2, 0.25) is 23.5 Å². The lowest BCUT2D eigenvalue weighted by molar-refractivity contribution is -0.116. The number of benzene rings is 2. The van der Waals surface area contributed by atoms with Gasteiger partial charge in [-0.25, -0.2) is 4.98 Å². The van der Waals surface area contributed by atoms with E-state index in [4.69, 9.17) is 4.52 Å². The van der Waals surface area contributed by atoms with Crippen LogP contribution in [0.5, 0.6) is 0 Å². The number of nitrogens with one attached hydrogen (secondary N) is 2. The van der Waals surface area contributed by atoms with Gasteiger partial charge >= 0.3 is 0 Å². The van der Waals surface area contributed by atoms with Crippen molar-refractivity contribution in [3.05, 3.63) is 53.9 Å². The van der Waals surface area contributed by atoms with Crippen molar-refractivity contribution in [2.45, 2.75) is 26.7 Å². The van der Waals surface area contributed by atoms with Gasteiger partial charge in [-0.05, 0) is 25.1 Å². The van der Waals surface area contributed by atoms with Crippen molar-refractivity contribution >= 4 is 44.2 Å². The van der Waals surface area contributed by atoms with Crippen LogP contribution in [0.3, 0.4) is 0 Å². The lowest BCUT2D eigenvalue weighted by atomic mass is 10.1. The Morgan fingerprint density at radius 3 is 2.63 bits per heavy atom. The van der Waals surface area contributed by atoms with Gasteiger partial charge in [-0.1, -0.05) is 46.3 Å². The molecule has 0 bridgehead atoms. The van der Waals surface area contributed by atoms with Crippen LogP contribution in [-0.4, -0.2) is 26.9 Å². The molecule has 0 aliphatic rings. The number of hydrogen-bond acceptors (Lipinski definition) is 7. The fourth-order valence-corrected chi connectivity index (χ4v) is 3.78. The molecule has 2 amide bonds. The van der Waals surface area contributed by atoms with E-state index in [1.54, 1.807) is 12.1 Å². The number of amides is 2. The Balaban J connectivity index is 1.35. The normalized spacial score (nSPS) is 10.9. The summed E-state index contributed by atoms with van der Waals surface area (Å²) in [5.41, 5.74) is 3.45. The predicted molar refractivity (Wildman–Crippen MR) is 115 cm³/mol. The molecule has 2 heterocycles. The van der Waals surface area contributed by atoms with E-state index in [2.05, 4.69) is 25.8 Å². The summed E-state index contributed by atoms with van der Waals surface area (Å²) in [5.74, 6) is 0.597. The molecule has 2 aromatic heterocycles. The van der Waals surface area contributed by atoms with E-state index < -0.39 is 0 Å². The molecule has 0 aliphatic heterocycles. The van der Waals surface area contributed by atoms with Crippen molar-refractivity contribution in [1.29, 1.82) is 0 Å². The highest BCUT2D eigenvalue weighted by Crippen LogP contribution is 2.28. The quantitative estimate of drug-likeness (QED) is 0.483. The maximum atomic E-state index is 12.3. The van der Waals surface area contributed by atoms with Gasteiger partial charge in [-0.2, -0.15) is 4.98 Å². The second-order valence-corrected chi connectivity index (χ2v) is 7.84. The van der Waals surface area contributed by atoms with Gasteiger partial charge < -0.3 is 15.2 Å². The van der Waals surface area contributed by atoms with Crippen LogP contribution in [0.2, 0.25) is 0 Å². The Labute approximate surface area is 176 Å². The largest absolute Gasteiger partial charge is 0.339 e. The van der Waals surface area contributed by atoms with Crippen LogP contribution in [0.4, 0.5) is 10.8 Å². The van der Waals surface area contributed by atoms with Gasteiger partial charge in [-0.3, -0.25) is 9.59 Å². The fourth-order valence-electron chi connectivity index (χ4n) is 2.83. The lowest BCUT2D eigenvalue weighted by Gasteiger charge is -2.03. The van der Waals surface area contributed by atoms with Crippen molar-refractivity contribution in [2.75, 3.05) is 10.6 Å². The molecule has 0 radical (unpaired) electrons.